The number of piperazine rings is 1. The van der Waals surface area contributed by atoms with E-state index in [1.807, 2.05) is 0 Å². The minimum Gasteiger partial charge on any atom is -0.454 e. The van der Waals surface area contributed by atoms with E-state index in [4.69, 9.17) is 14.2 Å². The zero-order chi connectivity index (χ0) is 18.1. The van der Waals surface area contributed by atoms with Crippen LogP contribution in [0.3, 0.4) is 0 Å². The van der Waals surface area contributed by atoms with Crippen molar-refractivity contribution in [1.29, 1.82) is 0 Å². The van der Waals surface area contributed by atoms with E-state index in [0.29, 0.717) is 6.79 Å². The first-order valence-corrected chi connectivity index (χ1v) is 9.93. The summed E-state index contributed by atoms with van der Waals surface area (Å²) in [6.45, 7) is 6.58. The van der Waals surface area contributed by atoms with Gasteiger partial charge in [-0.25, -0.2) is 0 Å². The Hall–Kier alpha value is -2.24. The standard InChI is InChI=1S/C22H26N2O3/c1-2-4-18(5-3-1)24-11-9-23(10-12-24)8-6-20-19-15-22-21(26-16-27-22)14-17(19)7-13-25-20/h1-5,14-15,20H,6-13,16H2. The molecule has 2 aromatic rings. The molecule has 5 rings (SSSR count). The smallest absolute Gasteiger partial charge is 0.231 e. The molecule has 2 aromatic carbocycles. The van der Waals surface area contributed by atoms with Gasteiger partial charge in [-0.1, -0.05) is 18.2 Å². The Morgan fingerprint density at radius 2 is 1.70 bits per heavy atom. The average molecular weight is 366 g/mol. The summed E-state index contributed by atoms with van der Waals surface area (Å²) in [5, 5.41) is 0. The molecule has 0 spiro atoms. The van der Waals surface area contributed by atoms with Gasteiger partial charge in [-0.15, -0.1) is 0 Å². The zero-order valence-corrected chi connectivity index (χ0v) is 15.6. The largest absolute Gasteiger partial charge is 0.454 e. The van der Waals surface area contributed by atoms with Crippen molar-refractivity contribution in [3.8, 4) is 11.5 Å². The topological polar surface area (TPSA) is 34.2 Å². The summed E-state index contributed by atoms with van der Waals surface area (Å²) in [5.74, 6) is 1.74. The monoisotopic (exact) mass is 366 g/mol. The Balaban J connectivity index is 1.19. The number of ether oxygens (including phenoxy) is 3. The van der Waals surface area contributed by atoms with Gasteiger partial charge < -0.3 is 19.1 Å². The van der Waals surface area contributed by atoms with Gasteiger partial charge in [0.05, 0.1) is 12.7 Å². The lowest BCUT2D eigenvalue weighted by Crippen LogP contribution is -2.46. The summed E-state index contributed by atoms with van der Waals surface area (Å²) in [6.07, 6.45) is 2.14. The van der Waals surface area contributed by atoms with Crippen molar-refractivity contribution in [3.63, 3.8) is 0 Å². The van der Waals surface area contributed by atoms with Crippen LogP contribution >= 0.6 is 0 Å². The van der Waals surface area contributed by atoms with E-state index in [1.54, 1.807) is 0 Å². The normalized spacial score (nSPS) is 21.9. The van der Waals surface area contributed by atoms with E-state index in [9.17, 15) is 0 Å². The van der Waals surface area contributed by atoms with Crippen LogP contribution in [0.2, 0.25) is 0 Å². The number of hydrogen-bond acceptors (Lipinski definition) is 5. The molecular weight excluding hydrogens is 340 g/mol. The first kappa shape index (κ1) is 16.9. The van der Waals surface area contributed by atoms with E-state index in [1.165, 1.54) is 16.8 Å². The molecule has 27 heavy (non-hydrogen) atoms. The molecule has 0 amide bonds. The molecule has 142 valence electrons. The Morgan fingerprint density at radius 3 is 2.52 bits per heavy atom. The molecule has 0 aliphatic carbocycles. The van der Waals surface area contributed by atoms with Crippen molar-refractivity contribution < 1.29 is 14.2 Å². The number of anilines is 1. The average Bonchev–Trinajstić information content (AvgIpc) is 3.19. The minimum atomic E-state index is 0.162. The zero-order valence-electron chi connectivity index (χ0n) is 15.6. The molecule has 0 N–H and O–H groups in total. The second kappa shape index (κ2) is 7.41. The molecule has 3 aliphatic heterocycles. The summed E-state index contributed by atoms with van der Waals surface area (Å²) in [7, 11) is 0. The Morgan fingerprint density at radius 1 is 0.926 bits per heavy atom. The third-order valence-corrected chi connectivity index (χ3v) is 5.87. The van der Waals surface area contributed by atoms with E-state index in [2.05, 4.69) is 52.3 Å². The Kier molecular flexibility index (Phi) is 4.64. The van der Waals surface area contributed by atoms with Crippen LogP contribution in [0.15, 0.2) is 42.5 Å². The molecule has 5 heteroatoms. The van der Waals surface area contributed by atoms with Gasteiger partial charge in [0.25, 0.3) is 0 Å². The van der Waals surface area contributed by atoms with Crippen LogP contribution in [0.1, 0.15) is 23.7 Å². The van der Waals surface area contributed by atoms with Gasteiger partial charge in [-0.05, 0) is 48.2 Å². The highest BCUT2D eigenvalue weighted by molar-refractivity contribution is 5.50. The highest BCUT2D eigenvalue weighted by Crippen LogP contribution is 2.40. The fraction of sp³-hybridized carbons (Fsp3) is 0.455. The van der Waals surface area contributed by atoms with Crippen molar-refractivity contribution in [3.05, 3.63) is 53.6 Å². The molecule has 0 saturated carbocycles. The lowest BCUT2D eigenvalue weighted by molar-refractivity contribution is 0.0288. The summed E-state index contributed by atoms with van der Waals surface area (Å²) < 4.78 is 17.2. The predicted molar refractivity (Wildman–Crippen MR) is 105 cm³/mol. The maximum Gasteiger partial charge on any atom is 0.231 e. The van der Waals surface area contributed by atoms with Crippen LogP contribution in [-0.4, -0.2) is 51.0 Å². The van der Waals surface area contributed by atoms with E-state index in [-0.39, 0.29) is 6.10 Å². The van der Waals surface area contributed by atoms with Crippen LogP contribution in [-0.2, 0) is 11.2 Å². The van der Waals surface area contributed by atoms with Crippen molar-refractivity contribution in [2.45, 2.75) is 18.9 Å². The molecular formula is C22H26N2O3. The molecule has 1 fully saturated rings. The summed E-state index contributed by atoms with van der Waals surface area (Å²) in [6, 6.07) is 15.0. The molecule has 1 saturated heterocycles. The van der Waals surface area contributed by atoms with Gasteiger partial charge in [-0.2, -0.15) is 0 Å². The van der Waals surface area contributed by atoms with Crippen LogP contribution in [0.4, 0.5) is 5.69 Å². The maximum atomic E-state index is 6.11. The summed E-state index contributed by atoms with van der Waals surface area (Å²) >= 11 is 0. The van der Waals surface area contributed by atoms with Crippen LogP contribution in [0.25, 0.3) is 0 Å². The van der Waals surface area contributed by atoms with Gasteiger partial charge in [0.1, 0.15) is 0 Å². The lowest BCUT2D eigenvalue weighted by atomic mass is 9.95. The van der Waals surface area contributed by atoms with Crippen LogP contribution < -0.4 is 14.4 Å². The number of benzene rings is 2. The van der Waals surface area contributed by atoms with E-state index >= 15 is 0 Å². The molecule has 1 unspecified atom stereocenters. The fourth-order valence-corrected chi connectivity index (χ4v) is 4.32. The van der Waals surface area contributed by atoms with Gasteiger partial charge in [0.2, 0.25) is 6.79 Å². The van der Waals surface area contributed by atoms with Gasteiger partial charge in [-0.3, -0.25) is 4.90 Å². The quantitative estimate of drug-likeness (QED) is 0.830. The molecule has 1 atom stereocenters. The summed E-state index contributed by atoms with van der Waals surface area (Å²) in [4.78, 5) is 5.04. The van der Waals surface area contributed by atoms with E-state index in [0.717, 1.165) is 63.7 Å². The van der Waals surface area contributed by atoms with Gasteiger partial charge >= 0.3 is 0 Å². The number of hydrogen-bond donors (Lipinski definition) is 0. The second-order valence-electron chi connectivity index (χ2n) is 7.47. The maximum absolute atomic E-state index is 6.11. The molecule has 0 aromatic heterocycles. The lowest BCUT2D eigenvalue weighted by Gasteiger charge is -2.37. The fourth-order valence-electron chi connectivity index (χ4n) is 4.32. The third-order valence-electron chi connectivity index (χ3n) is 5.87. The number of fused-ring (bicyclic) bond motifs is 2. The van der Waals surface area contributed by atoms with Crippen molar-refractivity contribution in [2.24, 2.45) is 0 Å². The predicted octanol–water partition coefficient (Wildman–Crippen LogP) is 3.24. The number of nitrogens with zero attached hydrogens (tertiary/aromatic N) is 2. The molecule has 0 bridgehead atoms. The number of para-hydroxylation sites is 1. The second-order valence-corrected chi connectivity index (χ2v) is 7.47. The highest BCUT2D eigenvalue weighted by Gasteiger charge is 2.26. The van der Waals surface area contributed by atoms with Crippen LogP contribution in [0.5, 0.6) is 11.5 Å². The minimum absolute atomic E-state index is 0.162. The van der Waals surface area contributed by atoms with Crippen molar-refractivity contribution in [2.75, 3.05) is 51.0 Å². The Labute approximate surface area is 160 Å². The third kappa shape index (κ3) is 3.49. The number of rotatable bonds is 4. The molecule has 3 aliphatic rings. The first-order valence-electron chi connectivity index (χ1n) is 9.93. The SMILES string of the molecule is c1ccc(N2CCN(CCC3OCCc4cc5c(cc43)OCO5)CC2)cc1. The van der Waals surface area contributed by atoms with Gasteiger partial charge in [0, 0.05) is 38.4 Å². The highest BCUT2D eigenvalue weighted by atomic mass is 16.7. The molecule has 0 radical (unpaired) electrons. The van der Waals surface area contributed by atoms with Crippen LogP contribution in [0, 0.1) is 0 Å². The molecule has 3 heterocycles. The first-order chi connectivity index (χ1) is 13.4. The van der Waals surface area contributed by atoms with Crippen molar-refractivity contribution in [1.82, 2.24) is 4.90 Å². The van der Waals surface area contributed by atoms with Crippen molar-refractivity contribution >= 4 is 5.69 Å². The van der Waals surface area contributed by atoms with E-state index < -0.39 is 0 Å². The molecule has 5 nitrogen and oxygen atoms in total. The van der Waals surface area contributed by atoms with Gasteiger partial charge in [0.15, 0.2) is 11.5 Å². The Bertz CT molecular complexity index is 788. The summed E-state index contributed by atoms with van der Waals surface area (Å²) in [5.41, 5.74) is 3.97.